The molecule has 1 atom stereocenters. The Hall–Kier alpha value is -3.44. The minimum absolute atomic E-state index is 0.0448. The molecule has 3 aromatic carbocycles. The summed E-state index contributed by atoms with van der Waals surface area (Å²) in [6.07, 6.45) is 1.00. The number of benzene rings is 3. The van der Waals surface area contributed by atoms with Crippen LogP contribution in [0, 0.1) is 0 Å². The number of amides is 1. The molecule has 0 radical (unpaired) electrons. The number of rotatable bonds is 10. The zero-order chi connectivity index (χ0) is 22.9. The van der Waals surface area contributed by atoms with Crippen molar-refractivity contribution in [2.45, 2.75) is 19.4 Å². The first-order valence-electron chi connectivity index (χ1n) is 10.8. The highest BCUT2D eigenvalue weighted by Gasteiger charge is 2.16. The van der Waals surface area contributed by atoms with Gasteiger partial charge in [-0.15, -0.1) is 0 Å². The fourth-order valence-electron chi connectivity index (χ4n) is 3.44. The Morgan fingerprint density at radius 3 is 2.09 bits per heavy atom. The monoisotopic (exact) mass is 430 g/mol. The Kier molecular flexibility index (Phi) is 8.17. The number of ether oxygens (including phenoxy) is 1. The van der Waals surface area contributed by atoms with E-state index < -0.39 is 0 Å². The molecule has 3 rings (SSSR count). The van der Waals surface area contributed by atoms with Crippen molar-refractivity contribution in [3.63, 3.8) is 0 Å². The molecule has 0 aliphatic carbocycles. The summed E-state index contributed by atoms with van der Waals surface area (Å²) in [5.74, 6) is 0.312. The lowest BCUT2D eigenvalue weighted by Crippen LogP contribution is -2.36. The zero-order valence-corrected chi connectivity index (χ0v) is 18.9. The Morgan fingerprint density at radius 2 is 1.50 bits per heavy atom. The molecule has 0 aliphatic rings. The third-order valence-electron chi connectivity index (χ3n) is 5.41. The standard InChI is InChI=1S/C27H30N2O3/c1-4-20-10-12-21(13-11-20)25(29(2)3)18-28-26(30)19-32-24-16-14-23(15-17-24)27(31)22-8-6-5-7-9-22/h5-17,25H,4,18-19H2,1-3H3,(H,28,30). The maximum Gasteiger partial charge on any atom is 0.258 e. The molecule has 1 N–H and O–H groups in total. The summed E-state index contributed by atoms with van der Waals surface area (Å²) < 4.78 is 5.60. The number of carbonyl (C=O) groups excluding carboxylic acids is 2. The predicted octanol–water partition coefficient (Wildman–Crippen LogP) is 4.28. The Bertz CT molecular complexity index is 1010. The van der Waals surface area contributed by atoms with Gasteiger partial charge in [0.15, 0.2) is 12.4 Å². The van der Waals surface area contributed by atoms with Gasteiger partial charge in [0.25, 0.3) is 5.91 Å². The largest absolute Gasteiger partial charge is 0.484 e. The normalized spacial score (nSPS) is 11.8. The van der Waals surface area contributed by atoms with Crippen LogP contribution in [-0.2, 0) is 11.2 Å². The molecule has 0 spiro atoms. The quantitative estimate of drug-likeness (QED) is 0.488. The summed E-state index contributed by atoms with van der Waals surface area (Å²) in [5, 5.41) is 2.95. The first-order chi connectivity index (χ1) is 15.5. The van der Waals surface area contributed by atoms with Crippen molar-refractivity contribution in [1.29, 1.82) is 0 Å². The van der Waals surface area contributed by atoms with Crippen molar-refractivity contribution >= 4 is 11.7 Å². The van der Waals surface area contributed by atoms with E-state index in [0.717, 1.165) is 12.0 Å². The topological polar surface area (TPSA) is 58.6 Å². The fraction of sp³-hybridized carbons (Fsp3) is 0.259. The van der Waals surface area contributed by atoms with Crippen LogP contribution in [0.3, 0.4) is 0 Å². The van der Waals surface area contributed by atoms with E-state index in [1.54, 1.807) is 36.4 Å². The molecule has 0 bridgehead atoms. The molecular formula is C27H30N2O3. The van der Waals surface area contributed by atoms with Gasteiger partial charge in [-0.25, -0.2) is 0 Å². The van der Waals surface area contributed by atoms with Crippen molar-refractivity contribution in [3.8, 4) is 5.75 Å². The van der Waals surface area contributed by atoms with Crippen LogP contribution in [0.5, 0.6) is 5.75 Å². The van der Waals surface area contributed by atoms with E-state index >= 15 is 0 Å². The number of likely N-dealkylation sites (N-methyl/N-ethyl adjacent to an activating group) is 1. The van der Waals surface area contributed by atoms with Crippen LogP contribution in [0.2, 0.25) is 0 Å². The Balaban J connectivity index is 1.51. The molecule has 3 aromatic rings. The minimum Gasteiger partial charge on any atom is -0.484 e. The van der Waals surface area contributed by atoms with E-state index in [-0.39, 0.29) is 24.3 Å². The summed E-state index contributed by atoms with van der Waals surface area (Å²) in [4.78, 5) is 26.9. The first kappa shape index (κ1) is 23.2. The summed E-state index contributed by atoms with van der Waals surface area (Å²) in [7, 11) is 4.00. The van der Waals surface area contributed by atoms with E-state index in [4.69, 9.17) is 4.74 Å². The molecule has 5 nitrogen and oxygen atoms in total. The van der Waals surface area contributed by atoms with Gasteiger partial charge in [0, 0.05) is 17.7 Å². The summed E-state index contributed by atoms with van der Waals surface area (Å²) >= 11 is 0. The van der Waals surface area contributed by atoms with Gasteiger partial charge >= 0.3 is 0 Å². The van der Waals surface area contributed by atoms with Crippen LogP contribution >= 0.6 is 0 Å². The third kappa shape index (κ3) is 6.28. The lowest BCUT2D eigenvalue weighted by Gasteiger charge is -2.25. The molecule has 0 fully saturated rings. The van der Waals surface area contributed by atoms with Crippen molar-refractivity contribution in [1.82, 2.24) is 10.2 Å². The van der Waals surface area contributed by atoms with Gasteiger partial charge < -0.3 is 15.0 Å². The van der Waals surface area contributed by atoms with Crippen molar-refractivity contribution in [2.24, 2.45) is 0 Å². The zero-order valence-electron chi connectivity index (χ0n) is 18.9. The van der Waals surface area contributed by atoms with E-state index in [0.29, 0.717) is 23.4 Å². The van der Waals surface area contributed by atoms with Crippen LogP contribution < -0.4 is 10.1 Å². The van der Waals surface area contributed by atoms with Crippen molar-refractivity contribution in [3.05, 3.63) is 101 Å². The number of carbonyl (C=O) groups is 2. The summed E-state index contributed by atoms with van der Waals surface area (Å²) in [6.45, 7) is 2.54. The first-order valence-corrected chi connectivity index (χ1v) is 10.8. The lowest BCUT2D eigenvalue weighted by atomic mass is 10.0. The number of hydrogen-bond donors (Lipinski definition) is 1. The smallest absolute Gasteiger partial charge is 0.258 e. The maximum absolute atomic E-state index is 12.5. The Labute approximate surface area is 190 Å². The number of ketones is 1. The van der Waals surface area contributed by atoms with Crippen LogP contribution in [0.4, 0.5) is 0 Å². The van der Waals surface area contributed by atoms with Crippen LogP contribution in [0.1, 0.15) is 40.0 Å². The summed E-state index contributed by atoms with van der Waals surface area (Å²) in [6, 6.07) is 24.5. The molecule has 1 amide bonds. The van der Waals surface area contributed by atoms with Crippen LogP contribution in [-0.4, -0.2) is 43.8 Å². The average molecular weight is 431 g/mol. The van der Waals surface area contributed by atoms with Crippen molar-refractivity contribution in [2.75, 3.05) is 27.2 Å². The van der Waals surface area contributed by atoms with Gasteiger partial charge in [0.2, 0.25) is 0 Å². The van der Waals surface area contributed by atoms with Crippen LogP contribution in [0.15, 0.2) is 78.9 Å². The Morgan fingerprint density at radius 1 is 0.875 bits per heavy atom. The molecule has 0 heterocycles. The number of nitrogens with one attached hydrogen (secondary N) is 1. The molecule has 0 saturated carbocycles. The lowest BCUT2D eigenvalue weighted by molar-refractivity contribution is -0.123. The van der Waals surface area contributed by atoms with Gasteiger partial charge in [-0.3, -0.25) is 9.59 Å². The second-order valence-corrected chi connectivity index (χ2v) is 7.89. The fourth-order valence-corrected chi connectivity index (χ4v) is 3.44. The van der Waals surface area contributed by atoms with Gasteiger partial charge in [-0.2, -0.15) is 0 Å². The van der Waals surface area contributed by atoms with Gasteiger partial charge in [0.05, 0.1) is 6.04 Å². The maximum atomic E-state index is 12.5. The molecule has 0 saturated heterocycles. The van der Waals surface area contributed by atoms with Gasteiger partial charge in [-0.1, -0.05) is 61.5 Å². The molecule has 5 heteroatoms. The van der Waals surface area contributed by atoms with Gasteiger partial charge in [-0.05, 0) is 55.9 Å². The highest BCUT2D eigenvalue weighted by Crippen LogP contribution is 2.19. The molecule has 166 valence electrons. The second kappa shape index (κ2) is 11.3. The minimum atomic E-state index is -0.188. The van der Waals surface area contributed by atoms with E-state index in [1.807, 2.05) is 32.3 Å². The molecule has 0 aromatic heterocycles. The van der Waals surface area contributed by atoms with E-state index in [2.05, 4.69) is 41.4 Å². The van der Waals surface area contributed by atoms with Crippen molar-refractivity contribution < 1.29 is 14.3 Å². The van der Waals surface area contributed by atoms with E-state index in [1.165, 1.54) is 5.56 Å². The molecule has 1 unspecified atom stereocenters. The number of nitrogens with zero attached hydrogens (tertiary/aromatic N) is 1. The summed E-state index contributed by atoms with van der Waals surface area (Å²) in [5.41, 5.74) is 3.67. The molecule has 0 aliphatic heterocycles. The van der Waals surface area contributed by atoms with E-state index in [9.17, 15) is 9.59 Å². The molecular weight excluding hydrogens is 400 g/mol. The predicted molar refractivity (Wildman–Crippen MR) is 127 cm³/mol. The third-order valence-corrected chi connectivity index (χ3v) is 5.41. The number of hydrogen-bond acceptors (Lipinski definition) is 4. The SMILES string of the molecule is CCc1ccc(C(CNC(=O)COc2ccc(C(=O)c3ccccc3)cc2)N(C)C)cc1. The highest BCUT2D eigenvalue weighted by molar-refractivity contribution is 6.08. The second-order valence-electron chi connectivity index (χ2n) is 7.89. The highest BCUT2D eigenvalue weighted by atomic mass is 16.5. The average Bonchev–Trinajstić information content (AvgIpc) is 2.83. The van der Waals surface area contributed by atoms with Crippen LogP contribution in [0.25, 0.3) is 0 Å². The molecule has 32 heavy (non-hydrogen) atoms. The number of aryl methyl sites for hydroxylation is 1. The van der Waals surface area contributed by atoms with Gasteiger partial charge in [0.1, 0.15) is 5.75 Å².